The summed E-state index contributed by atoms with van der Waals surface area (Å²) in [4.78, 5) is 16.3. The lowest BCUT2D eigenvalue weighted by Crippen LogP contribution is -2.45. The zero-order chi connectivity index (χ0) is 18.4. The molecule has 1 fully saturated rings. The van der Waals surface area contributed by atoms with Crippen LogP contribution in [0.25, 0.3) is 0 Å². The molecule has 0 radical (unpaired) electrons. The maximum Gasteiger partial charge on any atom is 0.191 e. The second-order valence-electron chi connectivity index (χ2n) is 6.57. The van der Waals surface area contributed by atoms with E-state index < -0.39 is 0 Å². The van der Waals surface area contributed by atoms with Gasteiger partial charge in [0.2, 0.25) is 0 Å². The van der Waals surface area contributed by atoms with Crippen molar-refractivity contribution in [2.75, 3.05) is 45.2 Å². The van der Waals surface area contributed by atoms with E-state index in [9.17, 15) is 0 Å². The van der Waals surface area contributed by atoms with Crippen molar-refractivity contribution < 1.29 is 0 Å². The number of guanidine groups is 1. The van der Waals surface area contributed by atoms with Gasteiger partial charge in [-0.25, -0.2) is 4.98 Å². The number of aliphatic imine (C=N–C) groups is 1. The zero-order valence-corrected chi connectivity index (χ0v) is 19.4. The average Bonchev–Trinajstić information content (AvgIpc) is 3.08. The molecule has 3 heterocycles. The largest absolute Gasteiger partial charge is 0.354 e. The SMILES string of the molecule is CN=C(NCc1ccc(C)s1)NCc1cccnc1N1CCN(C)CC1.I. The first-order chi connectivity index (χ1) is 12.7. The Kier molecular flexibility index (Phi) is 8.78. The van der Waals surface area contributed by atoms with Crippen LogP contribution < -0.4 is 15.5 Å². The standard InChI is InChI=1S/C19H28N6S.HI/c1-15-6-7-17(26-15)14-23-19(20-2)22-13-16-5-4-8-21-18(16)25-11-9-24(3)10-12-25;/h4-8H,9-14H2,1-3H3,(H2,20,22,23);1H. The second kappa shape index (κ2) is 10.8. The number of pyridine rings is 1. The van der Waals surface area contributed by atoms with Crippen molar-refractivity contribution in [3.63, 3.8) is 0 Å². The Morgan fingerprint density at radius 1 is 1.15 bits per heavy atom. The predicted octanol–water partition coefficient (Wildman–Crippen LogP) is 2.69. The molecule has 148 valence electrons. The number of aryl methyl sites for hydroxylation is 1. The van der Waals surface area contributed by atoms with Crippen LogP contribution in [0.2, 0.25) is 0 Å². The normalized spacial score (nSPS) is 15.4. The van der Waals surface area contributed by atoms with Crippen LogP contribution >= 0.6 is 35.3 Å². The van der Waals surface area contributed by atoms with Crippen molar-refractivity contribution in [2.24, 2.45) is 4.99 Å². The summed E-state index contributed by atoms with van der Waals surface area (Å²) in [6, 6.07) is 8.45. The Hall–Kier alpha value is -1.39. The van der Waals surface area contributed by atoms with Gasteiger partial charge in [0, 0.05) is 61.3 Å². The van der Waals surface area contributed by atoms with E-state index in [0.717, 1.165) is 44.5 Å². The van der Waals surface area contributed by atoms with Crippen molar-refractivity contribution >= 4 is 47.1 Å². The number of aromatic nitrogens is 1. The van der Waals surface area contributed by atoms with Crippen LogP contribution in [0.4, 0.5) is 5.82 Å². The Labute approximate surface area is 183 Å². The number of nitrogens with one attached hydrogen (secondary N) is 2. The summed E-state index contributed by atoms with van der Waals surface area (Å²) in [7, 11) is 3.97. The van der Waals surface area contributed by atoms with Gasteiger partial charge in [-0.2, -0.15) is 0 Å². The minimum absolute atomic E-state index is 0. The maximum absolute atomic E-state index is 4.64. The van der Waals surface area contributed by atoms with Crippen LogP contribution in [0.1, 0.15) is 15.3 Å². The van der Waals surface area contributed by atoms with Gasteiger partial charge in [-0.05, 0) is 32.2 Å². The highest BCUT2D eigenvalue weighted by atomic mass is 127. The van der Waals surface area contributed by atoms with E-state index in [2.05, 4.69) is 62.6 Å². The number of halogens is 1. The van der Waals surface area contributed by atoms with Gasteiger partial charge in [-0.1, -0.05) is 6.07 Å². The van der Waals surface area contributed by atoms with Gasteiger partial charge in [0.05, 0.1) is 6.54 Å². The predicted molar refractivity (Wildman–Crippen MR) is 125 cm³/mol. The number of hydrogen-bond acceptors (Lipinski definition) is 5. The fraction of sp³-hybridized carbons (Fsp3) is 0.474. The molecule has 6 nitrogen and oxygen atoms in total. The third kappa shape index (κ3) is 6.32. The van der Waals surface area contributed by atoms with Crippen molar-refractivity contribution in [2.45, 2.75) is 20.0 Å². The topological polar surface area (TPSA) is 55.8 Å². The molecule has 1 aliphatic heterocycles. The molecule has 27 heavy (non-hydrogen) atoms. The number of likely N-dealkylation sites (N-methyl/N-ethyl adjacent to an activating group) is 1. The van der Waals surface area contributed by atoms with E-state index in [1.54, 1.807) is 7.05 Å². The van der Waals surface area contributed by atoms with Crippen LogP contribution in [0.5, 0.6) is 0 Å². The Morgan fingerprint density at radius 2 is 1.89 bits per heavy atom. The Bertz CT molecular complexity index is 739. The highest BCUT2D eigenvalue weighted by Crippen LogP contribution is 2.18. The van der Waals surface area contributed by atoms with E-state index in [4.69, 9.17) is 0 Å². The Morgan fingerprint density at radius 3 is 2.56 bits per heavy atom. The highest BCUT2D eigenvalue weighted by Gasteiger charge is 2.17. The molecule has 0 unspecified atom stereocenters. The summed E-state index contributed by atoms with van der Waals surface area (Å²) in [5.74, 6) is 1.89. The molecular formula is C19H29IN6S. The monoisotopic (exact) mass is 500 g/mol. The van der Waals surface area contributed by atoms with Crippen molar-refractivity contribution in [1.82, 2.24) is 20.5 Å². The van der Waals surface area contributed by atoms with Crippen LogP contribution in [-0.2, 0) is 13.1 Å². The summed E-state index contributed by atoms with van der Waals surface area (Å²) in [6.45, 7) is 7.81. The van der Waals surface area contributed by atoms with Crippen LogP contribution in [0, 0.1) is 6.92 Å². The number of anilines is 1. The number of nitrogens with zero attached hydrogens (tertiary/aromatic N) is 4. The van der Waals surface area contributed by atoms with Gasteiger partial charge >= 0.3 is 0 Å². The third-order valence-corrected chi connectivity index (χ3v) is 5.57. The number of hydrogen-bond donors (Lipinski definition) is 2. The first-order valence-electron chi connectivity index (χ1n) is 9.03. The lowest BCUT2D eigenvalue weighted by atomic mass is 10.2. The number of piperazine rings is 1. The van der Waals surface area contributed by atoms with Gasteiger partial charge < -0.3 is 20.4 Å². The van der Waals surface area contributed by atoms with E-state index in [0.29, 0.717) is 6.54 Å². The lowest BCUT2D eigenvalue weighted by Gasteiger charge is -2.34. The lowest BCUT2D eigenvalue weighted by molar-refractivity contribution is 0.312. The van der Waals surface area contributed by atoms with Gasteiger partial charge in [-0.3, -0.25) is 4.99 Å². The molecule has 0 atom stereocenters. The van der Waals surface area contributed by atoms with Gasteiger partial charge in [-0.15, -0.1) is 35.3 Å². The minimum Gasteiger partial charge on any atom is -0.354 e. The molecule has 2 N–H and O–H groups in total. The van der Waals surface area contributed by atoms with Gasteiger partial charge in [0.1, 0.15) is 5.82 Å². The number of thiophene rings is 1. The average molecular weight is 500 g/mol. The molecule has 1 saturated heterocycles. The molecule has 0 saturated carbocycles. The summed E-state index contributed by atoms with van der Waals surface area (Å²) in [5, 5.41) is 6.80. The molecule has 0 bridgehead atoms. The molecule has 1 aliphatic rings. The van der Waals surface area contributed by atoms with Gasteiger partial charge in [0.25, 0.3) is 0 Å². The van der Waals surface area contributed by atoms with E-state index in [1.165, 1.54) is 15.3 Å². The van der Waals surface area contributed by atoms with Crippen molar-refractivity contribution in [1.29, 1.82) is 0 Å². The fourth-order valence-corrected chi connectivity index (χ4v) is 3.85. The summed E-state index contributed by atoms with van der Waals surface area (Å²) >= 11 is 1.81. The van der Waals surface area contributed by atoms with Gasteiger partial charge in [0.15, 0.2) is 5.96 Å². The quantitative estimate of drug-likeness (QED) is 0.376. The first-order valence-corrected chi connectivity index (χ1v) is 9.84. The highest BCUT2D eigenvalue weighted by molar-refractivity contribution is 14.0. The molecule has 0 amide bonds. The third-order valence-electron chi connectivity index (χ3n) is 4.57. The zero-order valence-electron chi connectivity index (χ0n) is 16.2. The summed E-state index contributed by atoms with van der Waals surface area (Å²) in [6.07, 6.45) is 1.88. The minimum atomic E-state index is 0. The van der Waals surface area contributed by atoms with E-state index in [1.807, 2.05) is 23.6 Å². The van der Waals surface area contributed by atoms with Crippen molar-refractivity contribution in [3.05, 3.63) is 45.8 Å². The molecule has 2 aromatic heterocycles. The first kappa shape index (κ1) is 21.9. The molecule has 0 aromatic carbocycles. The molecule has 0 aliphatic carbocycles. The molecule has 0 spiro atoms. The molecular weight excluding hydrogens is 471 g/mol. The smallest absolute Gasteiger partial charge is 0.191 e. The molecule has 8 heteroatoms. The van der Waals surface area contributed by atoms with E-state index in [-0.39, 0.29) is 24.0 Å². The molecule has 3 rings (SSSR count). The fourth-order valence-electron chi connectivity index (χ4n) is 3.02. The second-order valence-corrected chi connectivity index (χ2v) is 7.94. The van der Waals surface area contributed by atoms with Crippen LogP contribution in [-0.4, -0.2) is 56.1 Å². The maximum atomic E-state index is 4.64. The molecule has 2 aromatic rings. The van der Waals surface area contributed by atoms with Crippen LogP contribution in [0.15, 0.2) is 35.5 Å². The number of rotatable bonds is 5. The van der Waals surface area contributed by atoms with Crippen molar-refractivity contribution in [3.8, 4) is 0 Å². The summed E-state index contributed by atoms with van der Waals surface area (Å²) in [5.41, 5.74) is 1.20. The summed E-state index contributed by atoms with van der Waals surface area (Å²) < 4.78 is 0. The van der Waals surface area contributed by atoms with Crippen LogP contribution in [0.3, 0.4) is 0 Å². The van der Waals surface area contributed by atoms with E-state index >= 15 is 0 Å². The Balaban J connectivity index is 0.00000261.